The third kappa shape index (κ3) is 3.62. The summed E-state index contributed by atoms with van der Waals surface area (Å²) in [5.74, 6) is -0.165. The summed E-state index contributed by atoms with van der Waals surface area (Å²) in [5.41, 5.74) is 11.2. The van der Waals surface area contributed by atoms with Gasteiger partial charge in [-0.25, -0.2) is 10.9 Å². The van der Waals surface area contributed by atoms with Gasteiger partial charge in [0.05, 0.1) is 0 Å². The molecule has 5 N–H and O–H groups in total. The van der Waals surface area contributed by atoms with E-state index in [-0.39, 0.29) is 12.1 Å². The molecule has 2 unspecified atom stereocenters. The van der Waals surface area contributed by atoms with Crippen LogP contribution in [0.1, 0.15) is 5.56 Å². The molecule has 1 fully saturated rings. The van der Waals surface area contributed by atoms with Gasteiger partial charge in [0.2, 0.25) is 5.91 Å². The van der Waals surface area contributed by atoms with E-state index >= 15 is 0 Å². The first-order chi connectivity index (χ1) is 11.1. The fourth-order valence-corrected chi connectivity index (χ4v) is 2.54. The number of nitrogens with one attached hydrogen (secondary N) is 5. The average molecular weight is 332 g/mol. The molecule has 3 rings (SSSR count). The van der Waals surface area contributed by atoms with Crippen molar-refractivity contribution in [3.8, 4) is 0 Å². The van der Waals surface area contributed by atoms with Gasteiger partial charge < -0.3 is 10.6 Å². The Kier molecular flexibility index (Phi) is 4.78. The van der Waals surface area contributed by atoms with E-state index in [1.807, 2.05) is 49.4 Å². The van der Waals surface area contributed by atoms with Crippen LogP contribution < -0.4 is 27.0 Å². The smallest absolute Gasteiger partial charge is 0.246 e. The highest BCUT2D eigenvalue weighted by molar-refractivity contribution is 6.31. The van der Waals surface area contributed by atoms with Gasteiger partial charge >= 0.3 is 0 Å². The SMILES string of the molecule is Cc1c(Cl)cccc1NC(=O)C1NNNC1Nc1ccccc1. The van der Waals surface area contributed by atoms with Crippen LogP contribution in [0.5, 0.6) is 0 Å². The summed E-state index contributed by atoms with van der Waals surface area (Å²) >= 11 is 6.09. The van der Waals surface area contributed by atoms with Crippen LogP contribution in [-0.2, 0) is 4.79 Å². The Hall–Kier alpha value is -2.12. The van der Waals surface area contributed by atoms with E-state index in [0.29, 0.717) is 10.7 Å². The molecule has 2 atom stereocenters. The second-order valence-electron chi connectivity index (χ2n) is 5.28. The van der Waals surface area contributed by atoms with Crippen molar-refractivity contribution in [1.82, 2.24) is 16.4 Å². The van der Waals surface area contributed by atoms with Crippen molar-refractivity contribution in [3.05, 3.63) is 59.1 Å². The molecule has 1 aliphatic rings. The van der Waals surface area contributed by atoms with Crippen molar-refractivity contribution >= 4 is 28.9 Å². The Morgan fingerprint density at radius 1 is 1.09 bits per heavy atom. The van der Waals surface area contributed by atoms with Crippen LogP contribution in [-0.4, -0.2) is 18.1 Å². The predicted molar refractivity (Wildman–Crippen MR) is 91.9 cm³/mol. The zero-order chi connectivity index (χ0) is 16.2. The van der Waals surface area contributed by atoms with E-state index in [0.717, 1.165) is 11.3 Å². The van der Waals surface area contributed by atoms with Gasteiger partial charge in [-0.1, -0.05) is 35.9 Å². The molecule has 0 bridgehead atoms. The number of halogens is 1. The van der Waals surface area contributed by atoms with Crippen LogP contribution in [0.3, 0.4) is 0 Å². The molecule has 6 nitrogen and oxygen atoms in total. The summed E-state index contributed by atoms with van der Waals surface area (Å²) in [6.07, 6.45) is -0.295. The normalized spacial score (nSPS) is 20.3. The highest BCUT2D eigenvalue weighted by atomic mass is 35.5. The number of amides is 1. The molecular formula is C16H18ClN5O. The minimum atomic E-state index is -0.492. The number of para-hydroxylation sites is 1. The molecule has 0 aromatic heterocycles. The maximum absolute atomic E-state index is 12.5. The van der Waals surface area contributed by atoms with Crippen molar-refractivity contribution < 1.29 is 4.79 Å². The number of hydrogen-bond donors (Lipinski definition) is 5. The van der Waals surface area contributed by atoms with Crippen molar-refractivity contribution in [2.45, 2.75) is 19.1 Å². The molecule has 120 valence electrons. The highest BCUT2D eigenvalue weighted by Gasteiger charge is 2.33. The fourth-order valence-electron chi connectivity index (χ4n) is 2.37. The lowest BCUT2D eigenvalue weighted by Gasteiger charge is -2.20. The van der Waals surface area contributed by atoms with E-state index < -0.39 is 6.04 Å². The number of rotatable bonds is 4. The van der Waals surface area contributed by atoms with Crippen LogP contribution in [0.25, 0.3) is 0 Å². The fraction of sp³-hybridized carbons (Fsp3) is 0.188. The summed E-state index contributed by atoms with van der Waals surface area (Å²) in [5, 5.41) is 6.79. The predicted octanol–water partition coefficient (Wildman–Crippen LogP) is 2.01. The number of carbonyl (C=O) groups excluding carboxylic acids is 1. The molecular weight excluding hydrogens is 314 g/mol. The lowest BCUT2D eigenvalue weighted by molar-refractivity contribution is -0.118. The molecule has 0 radical (unpaired) electrons. The molecule has 7 heteroatoms. The van der Waals surface area contributed by atoms with Gasteiger partial charge in [0.15, 0.2) is 0 Å². The number of carbonyl (C=O) groups is 1. The molecule has 2 aromatic carbocycles. The maximum Gasteiger partial charge on any atom is 0.246 e. The molecule has 1 aliphatic heterocycles. The number of hydrazine groups is 2. The van der Waals surface area contributed by atoms with E-state index in [9.17, 15) is 4.79 Å². The van der Waals surface area contributed by atoms with E-state index in [1.165, 1.54) is 0 Å². The largest absolute Gasteiger partial charge is 0.367 e. The van der Waals surface area contributed by atoms with Gasteiger partial charge in [-0.3, -0.25) is 4.79 Å². The van der Waals surface area contributed by atoms with Gasteiger partial charge in [0.25, 0.3) is 0 Å². The molecule has 1 saturated heterocycles. The number of benzene rings is 2. The summed E-state index contributed by atoms with van der Waals surface area (Å²) in [6.45, 7) is 1.87. The standard InChI is InChI=1S/C16H18ClN5O/c1-10-12(17)8-5-9-13(10)19-16(23)14-15(21-22-20-14)18-11-6-3-2-4-7-11/h2-9,14-15,18,20-22H,1H3,(H,19,23). The Bertz CT molecular complexity index is 694. The maximum atomic E-state index is 12.5. The zero-order valence-corrected chi connectivity index (χ0v) is 13.3. The first-order valence-electron chi connectivity index (χ1n) is 7.29. The van der Waals surface area contributed by atoms with Crippen LogP contribution in [0, 0.1) is 6.92 Å². The molecule has 0 aliphatic carbocycles. The van der Waals surface area contributed by atoms with Crippen molar-refractivity contribution in [2.24, 2.45) is 0 Å². The first-order valence-corrected chi connectivity index (χ1v) is 7.66. The van der Waals surface area contributed by atoms with Crippen molar-refractivity contribution in [1.29, 1.82) is 0 Å². The van der Waals surface area contributed by atoms with Crippen molar-refractivity contribution in [3.63, 3.8) is 0 Å². The minimum Gasteiger partial charge on any atom is -0.367 e. The van der Waals surface area contributed by atoms with Gasteiger partial charge in [-0.05, 0) is 36.8 Å². The number of anilines is 2. The topological polar surface area (TPSA) is 77.2 Å². The number of hydrogen-bond acceptors (Lipinski definition) is 5. The average Bonchev–Trinajstić information content (AvgIpc) is 3.01. The summed E-state index contributed by atoms with van der Waals surface area (Å²) in [7, 11) is 0. The molecule has 2 aromatic rings. The Morgan fingerprint density at radius 3 is 2.65 bits per heavy atom. The second-order valence-corrected chi connectivity index (χ2v) is 5.69. The van der Waals surface area contributed by atoms with Gasteiger partial charge in [0.1, 0.15) is 12.2 Å². The summed E-state index contributed by atoms with van der Waals surface area (Å²) in [6, 6.07) is 14.6. The third-order valence-corrected chi connectivity index (χ3v) is 4.10. The third-order valence-electron chi connectivity index (χ3n) is 3.69. The molecule has 0 spiro atoms. The van der Waals surface area contributed by atoms with E-state index in [1.54, 1.807) is 6.07 Å². The first kappa shape index (κ1) is 15.8. The highest BCUT2D eigenvalue weighted by Crippen LogP contribution is 2.23. The van der Waals surface area contributed by atoms with Gasteiger partial charge in [0, 0.05) is 16.4 Å². The Balaban J connectivity index is 1.69. The Labute approximate surface area is 139 Å². The van der Waals surface area contributed by atoms with E-state index in [2.05, 4.69) is 27.0 Å². The van der Waals surface area contributed by atoms with Crippen LogP contribution in [0.2, 0.25) is 5.02 Å². The molecule has 23 heavy (non-hydrogen) atoms. The molecule has 0 saturated carbocycles. The lowest BCUT2D eigenvalue weighted by atomic mass is 10.1. The molecule has 1 amide bonds. The van der Waals surface area contributed by atoms with E-state index in [4.69, 9.17) is 11.6 Å². The van der Waals surface area contributed by atoms with Crippen LogP contribution in [0.4, 0.5) is 11.4 Å². The van der Waals surface area contributed by atoms with Crippen LogP contribution >= 0.6 is 11.6 Å². The Morgan fingerprint density at radius 2 is 1.87 bits per heavy atom. The van der Waals surface area contributed by atoms with Crippen molar-refractivity contribution in [2.75, 3.05) is 10.6 Å². The monoisotopic (exact) mass is 331 g/mol. The second kappa shape index (κ2) is 6.97. The van der Waals surface area contributed by atoms with Gasteiger partial charge in [-0.2, -0.15) is 5.53 Å². The lowest BCUT2D eigenvalue weighted by Crippen LogP contribution is -2.48. The molecule has 1 heterocycles. The summed E-state index contributed by atoms with van der Waals surface area (Å²) in [4.78, 5) is 12.5. The van der Waals surface area contributed by atoms with Gasteiger partial charge in [-0.15, -0.1) is 0 Å². The minimum absolute atomic E-state index is 0.165. The van der Waals surface area contributed by atoms with Crippen LogP contribution in [0.15, 0.2) is 48.5 Å². The zero-order valence-electron chi connectivity index (χ0n) is 12.6. The summed E-state index contributed by atoms with van der Waals surface area (Å²) < 4.78 is 0. The quantitative estimate of drug-likeness (QED) is 0.592.